The SMILES string of the molecule is CC1CCC(CCNC2CC(c3cccc(F)c3)C2)CC1. The average Bonchev–Trinajstić information content (AvgIpc) is 2.43. The van der Waals surface area contributed by atoms with E-state index in [2.05, 4.69) is 18.3 Å². The number of rotatable bonds is 5. The highest BCUT2D eigenvalue weighted by atomic mass is 19.1. The minimum atomic E-state index is -0.101. The van der Waals surface area contributed by atoms with Crippen LogP contribution in [0.4, 0.5) is 4.39 Å². The van der Waals surface area contributed by atoms with E-state index in [1.165, 1.54) is 63.1 Å². The predicted octanol–water partition coefficient (Wildman–Crippen LogP) is 4.88. The van der Waals surface area contributed by atoms with Crippen LogP contribution in [0.1, 0.15) is 63.4 Å². The molecule has 0 atom stereocenters. The second-order valence-corrected chi connectivity index (χ2v) is 7.29. The van der Waals surface area contributed by atoms with Crippen molar-refractivity contribution in [1.82, 2.24) is 5.32 Å². The van der Waals surface area contributed by atoms with Gasteiger partial charge in [0.05, 0.1) is 0 Å². The van der Waals surface area contributed by atoms with Crippen molar-refractivity contribution in [1.29, 1.82) is 0 Å². The predicted molar refractivity (Wildman–Crippen MR) is 85.9 cm³/mol. The number of hydrogen-bond donors (Lipinski definition) is 1. The molecule has 3 rings (SSSR count). The van der Waals surface area contributed by atoms with Crippen LogP contribution in [0.15, 0.2) is 24.3 Å². The van der Waals surface area contributed by atoms with Gasteiger partial charge in [0.1, 0.15) is 5.82 Å². The van der Waals surface area contributed by atoms with E-state index in [4.69, 9.17) is 0 Å². The first-order chi connectivity index (χ1) is 10.2. The molecule has 2 saturated carbocycles. The van der Waals surface area contributed by atoms with Crippen LogP contribution in [-0.2, 0) is 0 Å². The lowest BCUT2D eigenvalue weighted by atomic mass is 9.75. The molecule has 0 saturated heterocycles. The molecule has 0 amide bonds. The zero-order valence-corrected chi connectivity index (χ0v) is 13.2. The molecular weight excluding hydrogens is 261 g/mol. The quantitative estimate of drug-likeness (QED) is 0.814. The largest absolute Gasteiger partial charge is 0.314 e. The highest BCUT2D eigenvalue weighted by molar-refractivity contribution is 5.23. The zero-order chi connectivity index (χ0) is 14.7. The van der Waals surface area contributed by atoms with Crippen molar-refractivity contribution in [2.75, 3.05) is 6.54 Å². The third kappa shape index (κ3) is 4.06. The second kappa shape index (κ2) is 6.91. The Balaban J connectivity index is 1.32. The zero-order valence-electron chi connectivity index (χ0n) is 13.2. The maximum Gasteiger partial charge on any atom is 0.123 e. The summed E-state index contributed by atoms with van der Waals surface area (Å²) in [7, 11) is 0. The summed E-state index contributed by atoms with van der Waals surface area (Å²) in [6.45, 7) is 3.55. The molecule has 2 aliphatic rings. The van der Waals surface area contributed by atoms with Crippen molar-refractivity contribution in [2.45, 2.75) is 63.8 Å². The monoisotopic (exact) mass is 289 g/mol. The average molecular weight is 289 g/mol. The van der Waals surface area contributed by atoms with E-state index < -0.39 is 0 Å². The Kier molecular flexibility index (Phi) is 4.95. The molecule has 0 unspecified atom stereocenters. The minimum absolute atomic E-state index is 0.101. The van der Waals surface area contributed by atoms with E-state index >= 15 is 0 Å². The fraction of sp³-hybridized carbons (Fsp3) is 0.684. The Labute approximate surface area is 128 Å². The third-order valence-corrected chi connectivity index (χ3v) is 5.58. The highest BCUT2D eigenvalue weighted by Gasteiger charge is 2.30. The lowest BCUT2D eigenvalue weighted by Crippen LogP contribution is -2.41. The molecule has 0 aromatic heterocycles. The summed E-state index contributed by atoms with van der Waals surface area (Å²) in [6.07, 6.45) is 9.40. The van der Waals surface area contributed by atoms with Gasteiger partial charge in [0.25, 0.3) is 0 Å². The molecule has 0 heterocycles. The van der Waals surface area contributed by atoms with Gasteiger partial charge < -0.3 is 5.32 Å². The Morgan fingerprint density at radius 3 is 2.62 bits per heavy atom. The molecule has 0 radical (unpaired) electrons. The summed E-state index contributed by atoms with van der Waals surface area (Å²) in [4.78, 5) is 0. The molecule has 21 heavy (non-hydrogen) atoms. The van der Waals surface area contributed by atoms with Gasteiger partial charge in [0, 0.05) is 6.04 Å². The summed E-state index contributed by atoms with van der Waals surface area (Å²) < 4.78 is 13.2. The Bertz CT molecular complexity index is 445. The molecule has 1 aromatic carbocycles. The summed E-state index contributed by atoms with van der Waals surface area (Å²) in [5.41, 5.74) is 1.18. The van der Waals surface area contributed by atoms with Crippen LogP contribution in [0.25, 0.3) is 0 Å². The smallest absolute Gasteiger partial charge is 0.123 e. The molecule has 2 fully saturated rings. The maximum atomic E-state index is 13.2. The first-order valence-corrected chi connectivity index (χ1v) is 8.69. The highest BCUT2D eigenvalue weighted by Crippen LogP contribution is 2.37. The fourth-order valence-electron chi connectivity index (χ4n) is 3.93. The van der Waals surface area contributed by atoms with Crippen LogP contribution in [0.2, 0.25) is 0 Å². The Morgan fingerprint density at radius 2 is 1.90 bits per heavy atom. The summed E-state index contributed by atoms with van der Waals surface area (Å²) in [5.74, 6) is 2.37. The standard InChI is InChI=1S/C19H28FN/c1-14-5-7-15(8-6-14)9-10-21-19-12-17(13-19)16-3-2-4-18(20)11-16/h2-4,11,14-15,17,19,21H,5-10,12-13H2,1H3. The van der Waals surface area contributed by atoms with Crippen molar-refractivity contribution >= 4 is 0 Å². The maximum absolute atomic E-state index is 13.2. The van der Waals surface area contributed by atoms with Gasteiger partial charge in [-0.3, -0.25) is 0 Å². The van der Waals surface area contributed by atoms with Crippen molar-refractivity contribution in [3.05, 3.63) is 35.6 Å². The van der Waals surface area contributed by atoms with Crippen molar-refractivity contribution in [3.8, 4) is 0 Å². The van der Waals surface area contributed by atoms with Crippen LogP contribution < -0.4 is 5.32 Å². The van der Waals surface area contributed by atoms with Gasteiger partial charge in [0.15, 0.2) is 0 Å². The van der Waals surface area contributed by atoms with Crippen LogP contribution >= 0.6 is 0 Å². The minimum Gasteiger partial charge on any atom is -0.314 e. The fourth-order valence-corrected chi connectivity index (χ4v) is 3.93. The third-order valence-electron chi connectivity index (χ3n) is 5.58. The van der Waals surface area contributed by atoms with Crippen molar-refractivity contribution in [3.63, 3.8) is 0 Å². The van der Waals surface area contributed by atoms with Gasteiger partial charge >= 0.3 is 0 Å². The molecule has 0 bridgehead atoms. The number of benzene rings is 1. The normalized spacial score (nSPS) is 32.7. The van der Waals surface area contributed by atoms with E-state index in [9.17, 15) is 4.39 Å². The van der Waals surface area contributed by atoms with Crippen molar-refractivity contribution in [2.24, 2.45) is 11.8 Å². The van der Waals surface area contributed by atoms with Gasteiger partial charge in [-0.2, -0.15) is 0 Å². The van der Waals surface area contributed by atoms with E-state index in [0.717, 1.165) is 11.8 Å². The van der Waals surface area contributed by atoms with Gasteiger partial charge in [-0.05, 0) is 61.3 Å². The van der Waals surface area contributed by atoms with Crippen LogP contribution in [0.5, 0.6) is 0 Å². The molecular formula is C19H28FN. The van der Waals surface area contributed by atoms with Gasteiger partial charge in [-0.1, -0.05) is 44.7 Å². The van der Waals surface area contributed by atoms with Crippen LogP contribution in [0.3, 0.4) is 0 Å². The van der Waals surface area contributed by atoms with Crippen molar-refractivity contribution < 1.29 is 4.39 Å². The van der Waals surface area contributed by atoms with E-state index in [1.54, 1.807) is 6.07 Å². The van der Waals surface area contributed by atoms with Crippen LogP contribution in [0, 0.1) is 17.7 Å². The topological polar surface area (TPSA) is 12.0 Å². The first-order valence-electron chi connectivity index (χ1n) is 8.69. The molecule has 1 N–H and O–H groups in total. The Hall–Kier alpha value is -0.890. The molecule has 116 valence electrons. The lowest BCUT2D eigenvalue weighted by Gasteiger charge is -2.37. The van der Waals surface area contributed by atoms with Crippen LogP contribution in [-0.4, -0.2) is 12.6 Å². The lowest BCUT2D eigenvalue weighted by molar-refractivity contribution is 0.250. The summed E-state index contributed by atoms with van der Waals surface area (Å²) in [5, 5.41) is 3.70. The molecule has 2 heteroatoms. The van der Waals surface area contributed by atoms with E-state index in [1.807, 2.05) is 6.07 Å². The molecule has 1 nitrogen and oxygen atoms in total. The van der Waals surface area contributed by atoms with E-state index in [-0.39, 0.29) is 5.82 Å². The first kappa shape index (κ1) is 15.0. The number of nitrogens with one attached hydrogen (secondary N) is 1. The van der Waals surface area contributed by atoms with Gasteiger partial charge in [0.2, 0.25) is 0 Å². The second-order valence-electron chi connectivity index (χ2n) is 7.29. The van der Waals surface area contributed by atoms with Gasteiger partial charge in [-0.15, -0.1) is 0 Å². The number of hydrogen-bond acceptors (Lipinski definition) is 1. The summed E-state index contributed by atoms with van der Waals surface area (Å²) in [6, 6.07) is 7.77. The van der Waals surface area contributed by atoms with E-state index in [0.29, 0.717) is 12.0 Å². The number of halogens is 1. The molecule has 1 aromatic rings. The Morgan fingerprint density at radius 1 is 1.14 bits per heavy atom. The molecule has 0 spiro atoms. The summed E-state index contributed by atoms with van der Waals surface area (Å²) >= 11 is 0. The molecule has 0 aliphatic heterocycles. The molecule has 2 aliphatic carbocycles. The van der Waals surface area contributed by atoms with Gasteiger partial charge in [-0.25, -0.2) is 4.39 Å².